The minimum Gasteiger partial charge on any atom is -0.330 e. The molecule has 1 amide bonds. The van der Waals surface area contributed by atoms with Gasteiger partial charge in [0.05, 0.1) is 0 Å². The number of benzene rings is 1. The summed E-state index contributed by atoms with van der Waals surface area (Å²) in [6.07, 6.45) is -3.91. The number of halogens is 4. The molecule has 1 rings (SSSR count). The lowest BCUT2D eigenvalue weighted by molar-refractivity contribution is -0.140. The van der Waals surface area contributed by atoms with Crippen LogP contribution in [-0.4, -0.2) is 30.1 Å². The lowest BCUT2D eigenvalue weighted by Crippen LogP contribution is -2.39. The quantitative estimate of drug-likeness (QED) is 0.755. The lowest BCUT2D eigenvalue weighted by Gasteiger charge is -2.23. The largest absolute Gasteiger partial charge is 0.406 e. The minimum absolute atomic E-state index is 0.0790. The highest BCUT2D eigenvalue weighted by Gasteiger charge is 2.32. The van der Waals surface area contributed by atoms with E-state index >= 15 is 0 Å². The van der Waals surface area contributed by atoms with Gasteiger partial charge in [-0.05, 0) is 24.1 Å². The molecule has 0 bridgehead atoms. The van der Waals surface area contributed by atoms with Crippen molar-refractivity contribution in [3.63, 3.8) is 0 Å². The Morgan fingerprint density at radius 3 is 2.26 bits per heavy atom. The molecular weight excluding hydrogens is 279 g/mol. The first-order valence-electron chi connectivity index (χ1n) is 5.88. The first kappa shape index (κ1) is 15.8. The molecule has 0 aliphatic rings. The fourth-order valence-corrected chi connectivity index (χ4v) is 1.84. The maximum absolute atomic E-state index is 12.4. The van der Waals surface area contributed by atoms with Crippen molar-refractivity contribution in [1.29, 1.82) is 0 Å². The SMILES string of the molecule is CCCN(CC(F)(F)F)C(=O)c1ccc(CCl)cc1. The first-order valence-corrected chi connectivity index (χ1v) is 6.41. The highest BCUT2D eigenvalue weighted by atomic mass is 35.5. The van der Waals surface area contributed by atoms with Crippen molar-refractivity contribution in [3.8, 4) is 0 Å². The van der Waals surface area contributed by atoms with Crippen LogP contribution in [0.3, 0.4) is 0 Å². The number of rotatable bonds is 5. The number of hydrogen-bond donors (Lipinski definition) is 0. The molecular formula is C13H15ClF3NO. The molecule has 0 saturated heterocycles. The van der Waals surface area contributed by atoms with Gasteiger partial charge in [-0.3, -0.25) is 4.79 Å². The van der Waals surface area contributed by atoms with Crippen LogP contribution in [-0.2, 0) is 5.88 Å². The number of carbonyl (C=O) groups is 1. The van der Waals surface area contributed by atoms with E-state index in [4.69, 9.17) is 11.6 Å². The van der Waals surface area contributed by atoms with Crippen molar-refractivity contribution in [1.82, 2.24) is 4.90 Å². The molecule has 0 N–H and O–H groups in total. The van der Waals surface area contributed by atoms with Crippen LogP contribution in [0.25, 0.3) is 0 Å². The van der Waals surface area contributed by atoms with Crippen LogP contribution in [0.15, 0.2) is 24.3 Å². The van der Waals surface area contributed by atoms with Crippen LogP contribution in [0, 0.1) is 0 Å². The van der Waals surface area contributed by atoms with E-state index in [1.165, 1.54) is 12.1 Å². The first-order chi connectivity index (χ1) is 8.87. The molecule has 0 fully saturated rings. The average molecular weight is 294 g/mol. The summed E-state index contributed by atoms with van der Waals surface area (Å²) in [5.41, 5.74) is 1.06. The van der Waals surface area contributed by atoms with Crippen molar-refractivity contribution < 1.29 is 18.0 Å². The highest BCUT2D eigenvalue weighted by Crippen LogP contribution is 2.18. The Kier molecular flexibility index (Phi) is 5.66. The van der Waals surface area contributed by atoms with Gasteiger partial charge in [-0.15, -0.1) is 11.6 Å². The Labute approximate surface area is 115 Å². The molecule has 0 radical (unpaired) electrons. The van der Waals surface area contributed by atoms with Gasteiger partial charge < -0.3 is 4.90 Å². The van der Waals surface area contributed by atoms with E-state index in [0.29, 0.717) is 12.3 Å². The lowest BCUT2D eigenvalue weighted by atomic mass is 10.1. The van der Waals surface area contributed by atoms with Gasteiger partial charge in [0.2, 0.25) is 0 Å². The Morgan fingerprint density at radius 1 is 1.26 bits per heavy atom. The summed E-state index contributed by atoms with van der Waals surface area (Å²) in [6.45, 7) is 0.583. The molecule has 0 aliphatic carbocycles. The number of nitrogens with zero attached hydrogens (tertiary/aromatic N) is 1. The molecule has 0 aliphatic heterocycles. The summed E-state index contributed by atoms with van der Waals surface area (Å²) >= 11 is 5.61. The van der Waals surface area contributed by atoms with E-state index in [-0.39, 0.29) is 12.1 Å². The van der Waals surface area contributed by atoms with Gasteiger partial charge in [0.15, 0.2) is 0 Å². The van der Waals surface area contributed by atoms with Crippen LogP contribution in [0.2, 0.25) is 0 Å². The molecule has 0 atom stereocenters. The van der Waals surface area contributed by atoms with Gasteiger partial charge >= 0.3 is 6.18 Å². The normalized spacial score (nSPS) is 11.4. The molecule has 0 spiro atoms. The Balaban J connectivity index is 2.85. The third-order valence-electron chi connectivity index (χ3n) is 2.51. The fourth-order valence-electron chi connectivity index (χ4n) is 1.66. The summed E-state index contributed by atoms with van der Waals surface area (Å²) in [6, 6.07) is 6.27. The van der Waals surface area contributed by atoms with Crippen molar-refractivity contribution in [2.24, 2.45) is 0 Å². The Bertz CT molecular complexity index is 417. The molecule has 106 valence electrons. The zero-order chi connectivity index (χ0) is 14.5. The smallest absolute Gasteiger partial charge is 0.330 e. The van der Waals surface area contributed by atoms with E-state index in [2.05, 4.69) is 0 Å². The van der Waals surface area contributed by atoms with Gasteiger partial charge in [0, 0.05) is 18.0 Å². The van der Waals surface area contributed by atoms with Crippen molar-refractivity contribution >= 4 is 17.5 Å². The van der Waals surface area contributed by atoms with Crippen LogP contribution >= 0.6 is 11.6 Å². The van der Waals surface area contributed by atoms with E-state index < -0.39 is 18.6 Å². The maximum atomic E-state index is 12.4. The summed E-state index contributed by atoms with van der Waals surface area (Å²) in [4.78, 5) is 12.8. The molecule has 0 saturated carbocycles. The molecule has 0 heterocycles. The Hall–Kier alpha value is -1.23. The summed E-state index contributed by atoms with van der Waals surface area (Å²) in [5.74, 6) is -0.310. The van der Waals surface area contributed by atoms with Crippen LogP contribution in [0.5, 0.6) is 0 Å². The van der Waals surface area contributed by atoms with Crippen molar-refractivity contribution in [2.45, 2.75) is 25.4 Å². The number of amides is 1. The Morgan fingerprint density at radius 2 is 1.84 bits per heavy atom. The van der Waals surface area contributed by atoms with Crippen LogP contribution in [0.4, 0.5) is 13.2 Å². The molecule has 0 aromatic heterocycles. The van der Waals surface area contributed by atoms with Crippen LogP contribution in [0.1, 0.15) is 29.3 Å². The second kappa shape index (κ2) is 6.80. The van der Waals surface area contributed by atoms with Gasteiger partial charge in [-0.2, -0.15) is 13.2 Å². The number of hydrogen-bond acceptors (Lipinski definition) is 1. The third-order valence-corrected chi connectivity index (χ3v) is 2.81. The summed E-state index contributed by atoms with van der Waals surface area (Å²) < 4.78 is 37.2. The van der Waals surface area contributed by atoms with Gasteiger partial charge in [0.25, 0.3) is 5.91 Å². The topological polar surface area (TPSA) is 20.3 Å². The molecule has 1 aromatic rings. The fraction of sp³-hybridized carbons (Fsp3) is 0.462. The van der Waals surface area contributed by atoms with Gasteiger partial charge in [-0.1, -0.05) is 19.1 Å². The number of carbonyl (C=O) groups excluding carboxylic acids is 1. The zero-order valence-electron chi connectivity index (χ0n) is 10.5. The van der Waals surface area contributed by atoms with Gasteiger partial charge in [-0.25, -0.2) is 0 Å². The molecule has 19 heavy (non-hydrogen) atoms. The molecule has 6 heteroatoms. The number of alkyl halides is 4. The predicted octanol–water partition coefficient (Wildman–Crippen LogP) is 3.84. The second-order valence-corrected chi connectivity index (χ2v) is 4.44. The molecule has 2 nitrogen and oxygen atoms in total. The predicted molar refractivity (Wildman–Crippen MR) is 68.2 cm³/mol. The van der Waals surface area contributed by atoms with E-state index in [9.17, 15) is 18.0 Å². The van der Waals surface area contributed by atoms with Crippen molar-refractivity contribution in [2.75, 3.05) is 13.1 Å². The monoisotopic (exact) mass is 293 g/mol. The third kappa shape index (κ3) is 5.11. The maximum Gasteiger partial charge on any atom is 0.406 e. The van der Waals surface area contributed by atoms with Gasteiger partial charge in [0.1, 0.15) is 6.54 Å². The van der Waals surface area contributed by atoms with E-state index in [0.717, 1.165) is 10.5 Å². The highest BCUT2D eigenvalue weighted by molar-refractivity contribution is 6.17. The second-order valence-electron chi connectivity index (χ2n) is 4.17. The standard InChI is InChI=1S/C13H15ClF3NO/c1-2-7-18(9-13(15,16)17)12(19)11-5-3-10(8-14)4-6-11/h3-6H,2,7-9H2,1H3. The molecule has 0 unspecified atom stereocenters. The van der Waals surface area contributed by atoms with E-state index in [1.807, 2.05) is 0 Å². The zero-order valence-corrected chi connectivity index (χ0v) is 11.3. The average Bonchev–Trinajstić information content (AvgIpc) is 2.36. The molecule has 1 aromatic carbocycles. The van der Waals surface area contributed by atoms with E-state index in [1.54, 1.807) is 19.1 Å². The summed E-state index contributed by atoms with van der Waals surface area (Å²) in [5, 5.41) is 0. The summed E-state index contributed by atoms with van der Waals surface area (Å²) in [7, 11) is 0. The minimum atomic E-state index is -4.39. The van der Waals surface area contributed by atoms with Crippen LogP contribution < -0.4 is 0 Å². The van der Waals surface area contributed by atoms with Crippen molar-refractivity contribution in [3.05, 3.63) is 35.4 Å².